The van der Waals surface area contributed by atoms with Crippen molar-refractivity contribution in [2.75, 3.05) is 13.1 Å². The van der Waals surface area contributed by atoms with Crippen LogP contribution < -0.4 is 5.32 Å². The van der Waals surface area contributed by atoms with E-state index in [0.29, 0.717) is 18.2 Å². The highest BCUT2D eigenvalue weighted by Gasteiger charge is 2.19. The average molecular weight is 442 g/mol. The highest BCUT2D eigenvalue weighted by molar-refractivity contribution is 5.97. The number of para-hydroxylation sites is 1. The van der Waals surface area contributed by atoms with E-state index >= 15 is 0 Å². The Hall–Kier alpha value is -3.64. The fourth-order valence-corrected chi connectivity index (χ4v) is 3.90. The van der Waals surface area contributed by atoms with E-state index in [1.54, 1.807) is 10.9 Å². The van der Waals surface area contributed by atoms with Crippen molar-refractivity contribution in [1.29, 1.82) is 0 Å². The lowest BCUT2D eigenvalue weighted by Crippen LogP contribution is -2.34. The summed E-state index contributed by atoms with van der Waals surface area (Å²) in [6.07, 6.45) is 6.38. The minimum atomic E-state index is -0.111. The molecule has 4 aromatic rings. The van der Waals surface area contributed by atoms with Gasteiger partial charge in [-0.2, -0.15) is 5.10 Å². The molecule has 0 aliphatic heterocycles. The first-order valence-corrected chi connectivity index (χ1v) is 11.5. The van der Waals surface area contributed by atoms with Crippen LogP contribution in [0.3, 0.4) is 0 Å². The van der Waals surface area contributed by atoms with E-state index in [0.717, 1.165) is 31.0 Å². The second-order valence-electron chi connectivity index (χ2n) is 8.38. The summed E-state index contributed by atoms with van der Waals surface area (Å²) in [5, 5.41) is 7.61. The van der Waals surface area contributed by atoms with Crippen LogP contribution in [0.5, 0.6) is 0 Å². The molecule has 2 aromatic heterocycles. The molecule has 6 heteroatoms. The van der Waals surface area contributed by atoms with Gasteiger partial charge in [-0.25, -0.2) is 4.68 Å². The third-order valence-corrected chi connectivity index (χ3v) is 5.70. The molecule has 0 aliphatic carbocycles. The SMILES string of the molecule is CC(C)N(CCCNC(=O)c1cnn(-c2ccccc2)c1-n1cccc1)Cc1ccccc1. The minimum Gasteiger partial charge on any atom is -0.352 e. The molecule has 2 aromatic carbocycles. The zero-order valence-electron chi connectivity index (χ0n) is 19.3. The van der Waals surface area contributed by atoms with Gasteiger partial charge in [0.1, 0.15) is 5.56 Å². The first-order chi connectivity index (χ1) is 16.1. The maximum Gasteiger partial charge on any atom is 0.256 e. The number of nitrogens with one attached hydrogen (secondary N) is 1. The van der Waals surface area contributed by atoms with Gasteiger partial charge in [0.15, 0.2) is 5.82 Å². The van der Waals surface area contributed by atoms with Crippen LogP contribution in [0.25, 0.3) is 11.5 Å². The van der Waals surface area contributed by atoms with E-state index in [4.69, 9.17) is 0 Å². The molecule has 0 unspecified atom stereocenters. The molecule has 6 nitrogen and oxygen atoms in total. The van der Waals surface area contributed by atoms with Crippen LogP contribution in [0.4, 0.5) is 0 Å². The molecule has 1 amide bonds. The number of nitrogens with zero attached hydrogens (tertiary/aromatic N) is 4. The first kappa shape index (κ1) is 22.6. The van der Waals surface area contributed by atoms with Gasteiger partial charge in [0.25, 0.3) is 5.91 Å². The van der Waals surface area contributed by atoms with E-state index in [9.17, 15) is 4.79 Å². The molecule has 1 N–H and O–H groups in total. The van der Waals surface area contributed by atoms with Crippen LogP contribution in [0.15, 0.2) is 91.4 Å². The number of hydrogen-bond donors (Lipinski definition) is 1. The molecule has 0 atom stereocenters. The molecule has 170 valence electrons. The van der Waals surface area contributed by atoms with Crippen molar-refractivity contribution >= 4 is 5.91 Å². The highest BCUT2D eigenvalue weighted by atomic mass is 16.1. The van der Waals surface area contributed by atoms with Crippen LogP contribution in [0, 0.1) is 0 Å². The van der Waals surface area contributed by atoms with Gasteiger partial charge in [-0.1, -0.05) is 48.5 Å². The van der Waals surface area contributed by atoms with E-state index in [1.807, 2.05) is 65.5 Å². The van der Waals surface area contributed by atoms with Crippen LogP contribution >= 0.6 is 0 Å². The van der Waals surface area contributed by atoms with Gasteiger partial charge >= 0.3 is 0 Å². The van der Waals surface area contributed by atoms with Gasteiger partial charge in [-0.3, -0.25) is 9.69 Å². The maximum absolute atomic E-state index is 13.1. The number of benzene rings is 2. The topological polar surface area (TPSA) is 55.1 Å². The zero-order chi connectivity index (χ0) is 23.0. The normalized spacial score (nSPS) is 11.3. The summed E-state index contributed by atoms with van der Waals surface area (Å²) in [6.45, 7) is 6.86. The van der Waals surface area contributed by atoms with Gasteiger partial charge in [0, 0.05) is 38.1 Å². The number of carbonyl (C=O) groups is 1. The van der Waals surface area contributed by atoms with Crippen molar-refractivity contribution in [1.82, 2.24) is 24.6 Å². The van der Waals surface area contributed by atoms with Crippen LogP contribution in [-0.4, -0.2) is 44.3 Å². The van der Waals surface area contributed by atoms with Crippen LogP contribution in [0.1, 0.15) is 36.2 Å². The predicted molar refractivity (Wildman–Crippen MR) is 132 cm³/mol. The molecule has 0 fully saturated rings. The fourth-order valence-electron chi connectivity index (χ4n) is 3.90. The number of carbonyl (C=O) groups excluding carboxylic acids is 1. The average Bonchev–Trinajstić information content (AvgIpc) is 3.52. The Morgan fingerprint density at radius 3 is 2.30 bits per heavy atom. The Labute approximate surface area is 195 Å². The predicted octanol–water partition coefficient (Wildman–Crippen LogP) is 4.69. The van der Waals surface area contributed by atoms with Gasteiger partial charge in [-0.05, 0) is 50.1 Å². The molecule has 0 spiro atoms. The van der Waals surface area contributed by atoms with Gasteiger partial charge < -0.3 is 9.88 Å². The van der Waals surface area contributed by atoms with Crippen molar-refractivity contribution in [3.05, 3.63) is 103 Å². The Bertz CT molecular complexity index is 1130. The first-order valence-electron chi connectivity index (χ1n) is 11.5. The minimum absolute atomic E-state index is 0.111. The van der Waals surface area contributed by atoms with Crippen molar-refractivity contribution < 1.29 is 4.79 Å². The van der Waals surface area contributed by atoms with Crippen molar-refractivity contribution in [3.8, 4) is 11.5 Å². The lowest BCUT2D eigenvalue weighted by Gasteiger charge is -2.26. The highest BCUT2D eigenvalue weighted by Crippen LogP contribution is 2.19. The van der Waals surface area contributed by atoms with Gasteiger partial charge in [0.2, 0.25) is 0 Å². The Balaban J connectivity index is 1.41. The molecular formula is C27H31N5O. The Morgan fingerprint density at radius 2 is 1.64 bits per heavy atom. The van der Waals surface area contributed by atoms with E-state index in [2.05, 4.69) is 53.4 Å². The van der Waals surface area contributed by atoms with E-state index in [-0.39, 0.29) is 5.91 Å². The third-order valence-electron chi connectivity index (χ3n) is 5.70. The maximum atomic E-state index is 13.1. The summed E-state index contributed by atoms with van der Waals surface area (Å²) in [4.78, 5) is 15.5. The number of rotatable bonds is 10. The molecule has 0 saturated heterocycles. The monoisotopic (exact) mass is 441 g/mol. The zero-order valence-corrected chi connectivity index (χ0v) is 19.3. The largest absolute Gasteiger partial charge is 0.352 e. The second kappa shape index (κ2) is 10.8. The molecule has 0 bridgehead atoms. The number of aromatic nitrogens is 3. The molecule has 0 aliphatic rings. The standard InChI is InChI=1S/C27H31N5O/c1-22(2)31(21-23-12-5-3-6-13-23)19-11-16-28-26(33)25-20-29-32(24-14-7-4-8-15-24)27(25)30-17-9-10-18-30/h3-10,12-15,17-18,20,22H,11,16,19,21H2,1-2H3,(H,28,33). The lowest BCUT2D eigenvalue weighted by molar-refractivity contribution is 0.0950. The van der Waals surface area contributed by atoms with Gasteiger partial charge in [-0.15, -0.1) is 0 Å². The van der Waals surface area contributed by atoms with Crippen LogP contribution in [0.2, 0.25) is 0 Å². The summed E-state index contributed by atoms with van der Waals surface area (Å²) in [7, 11) is 0. The second-order valence-corrected chi connectivity index (χ2v) is 8.38. The summed E-state index contributed by atoms with van der Waals surface area (Å²) >= 11 is 0. The quantitative estimate of drug-likeness (QED) is 0.363. The number of hydrogen-bond acceptors (Lipinski definition) is 3. The third kappa shape index (κ3) is 5.59. The molecule has 33 heavy (non-hydrogen) atoms. The summed E-state index contributed by atoms with van der Waals surface area (Å²) < 4.78 is 3.73. The van der Waals surface area contributed by atoms with E-state index in [1.165, 1.54) is 5.56 Å². The Kier molecular flexibility index (Phi) is 7.37. The molecule has 2 heterocycles. The Morgan fingerprint density at radius 1 is 0.970 bits per heavy atom. The van der Waals surface area contributed by atoms with Crippen molar-refractivity contribution in [2.45, 2.75) is 32.9 Å². The summed E-state index contributed by atoms with van der Waals surface area (Å²) in [5.74, 6) is 0.622. The smallest absolute Gasteiger partial charge is 0.256 e. The lowest BCUT2D eigenvalue weighted by atomic mass is 10.2. The summed E-state index contributed by atoms with van der Waals surface area (Å²) in [5.41, 5.74) is 2.77. The van der Waals surface area contributed by atoms with Gasteiger partial charge in [0.05, 0.1) is 11.9 Å². The van der Waals surface area contributed by atoms with E-state index < -0.39 is 0 Å². The van der Waals surface area contributed by atoms with Crippen molar-refractivity contribution in [3.63, 3.8) is 0 Å². The number of amides is 1. The molecule has 0 saturated carbocycles. The molecular weight excluding hydrogens is 410 g/mol. The fraction of sp³-hybridized carbons (Fsp3) is 0.259. The molecule has 4 rings (SSSR count). The molecule has 0 radical (unpaired) electrons. The van der Waals surface area contributed by atoms with Crippen LogP contribution in [-0.2, 0) is 6.54 Å². The van der Waals surface area contributed by atoms with Crippen molar-refractivity contribution in [2.24, 2.45) is 0 Å². The summed E-state index contributed by atoms with van der Waals surface area (Å²) in [6, 6.07) is 24.7.